The number of benzene rings is 1. The number of hydrogen-bond donors (Lipinski definition) is 1. The molecule has 10 heteroatoms. The van der Waals surface area contributed by atoms with E-state index in [0.29, 0.717) is 43.1 Å². The van der Waals surface area contributed by atoms with Gasteiger partial charge in [-0.3, -0.25) is 14.8 Å². The molecule has 2 aromatic heterocycles. The fourth-order valence-corrected chi connectivity index (χ4v) is 6.25. The number of aromatic nitrogens is 3. The fourth-order valence-electron chi connectivity index (χ4n) is 4.50. The van der Waals surface area contributed by atoms with Gasteiger partial charge in [-0.05, 0) is 58.0 Å². The van der Waals surface area contributed by atoms with E-state index in [9.17, 15) is 17.6 Å². The number of ketones is 1. The van der Waals surface area contributed by atoms with Crippen LogP contribution in [0.1, 0.15) is 33.1 Å². The number of nitrogens with zero attached hydrogens (tertiary/aromatic N) is 4. The fraction of sp³-hybridized carbons (Fsp3) is 0.391. The van der Waals surface area contributed by atoms with Crippen LogP contribution in [0.4, 0.5) is 4.39 Å². The van der Waals surface area contributed by atoms with Gasteiger partial charge in [-0.25, -0.2) is 12.8 Å². The highest BCUT2D eigenvalue weighted by Gasteiger charge is 2.32. The first-order valence-corrected chi connectivity index (χ1v) is 12.3. The van der Waals surface area contributed by atoms with Gasteiger partial charge in [0.2, 0.25) is 10.0 Å². The minimum absolute atomic E-state index is 0.0192. The number of nitrogens with one attached hydrogen (secondary N) is 1. The lowest BCUT2D eigenvalue weighted by Crippen LogP contribution is -2.49. The number of aromatic amines is 1. The molecule has 0 spiro atoms. The first-order chi connectivity index (χ1) is 15.6. The number of Topliss-reactive ketones (excluding diaryl/α,β-unsaturated/α-hetero) is 1. The zero-order chi connectivity index (χ0) is 23.9. The van der Waals surface area contributed by atoms with Gasteiger partial charge in [-0.2, -0.15) is 9.40 Å². The largest absolute Gasteiger partial charge is 0.318 e. The van der Waals surface area contributed by atoms with Crippen molar-refractivity contribution < 1.29 is 17.6 Å². The summed E-state index contributed by atoms with van der Waals surface area (Å²) in [5.41, 5.74) is 4.11. The van der Waals surface area contributed by atoms with E-state index in [2.05, 4.69) is 10.2 Å². The molecule has 0 atom stereocenters. The molecule has 1 saturated heterocycles. The van der Waals surface area contributed by atoms with Crippen LogP contribution in [0.5, 0.6) is 0 Å². The van der Waals surface area contributed by atoms with E-state index in [1.807, 2.05) is 29.4 Å². The van der Waals surface area contributed by atoms with Crippen molar-refractivity contribution in [2.24, 2.45) is 0 Å². The predicted molar refractivity (Wildman–Crippen MR) is 123 cm³/mol. The van der Waals surface area contributed by atoms with Gasteiger partial charge in [-0.15, -0.1) is 0 Å². The number of rotatable bonds is 6. The third-order valence-corrected chi connectivity index (χ3v) is 8.34. The average molecular weight is 474 g/mol. The van der Waals surface area contributed by atoms with Gasteiger partial charge in [0.25, 0.3) is 0 Å². The number of carbonyl (C=O) groups is 1. The summed E-state index contributed by atoms with van der Waals surface area (Å²) in [6.45, 7) is 8.95. The summed E-state index contributed by atoms with van der Waals surface area (Å²) in [4.78, 5) is 15.3. The van der Waals surface area contributed by atoms with Crippen molar-refractivity contribution in [1.82, 2.24) is 24.0 Å². The molecule has 0 amide bonds. The Morgan fingerprint density at radius 1 is 1.06 bits per heavy atom. The number of sulfonamides is 1. The maximum atomic E-state index is 13.3. The first-order valence-electron chi connectivity index (χ1n) is 10.8. The Morgan fingerprint density at radius 3 is 2.27 bits per heavy atom. The van der Waals surface area contributed by atoms with E-state index in [1.165, 1.54) is 16.4 Å². The second-order valence-corrected chi connectivity index (χ2v) is 10.3. The van der Waals surface area contributed by atoms with Crippen molar-refractivity contribution in [2.75, 3.05) is 32.7 Å². The highest BCUT2D eigenvalue weighted by atomic mass is 32.2. The zero-order valence-corrected chi connectivity index (χ0v) is 20.0. The first kappa shape index (κ1) is 23.3. The lowest BCUT2D eigenvalue weighted by Gasteiger charge is -2.33. The van der Waals surface area contributed by atoms with E-state index >= 15 is 0 Å². The van der Waals surface area contributed by atoms with Crippen LogP contribution in [0.25, 0.3) is 5.69 Å². The summed E-state index contributed by atoms with van der Waals surface area (Å²) in [6.07, 6.45) is 0. The van der Waals surface area contributed by atoms with Crippen LogP contribution in [0, 0.1) is 33.5 Å². The molecule has 3 aromatic rings. The quantitative estimate of drug-likeness (QED) is 0.556. The van der Waals surface area contributed by atoms with Crippen LogP contribution in [0.3, 0.4) is 0 Å². The molecule has 0 aliphatic carbocycles. The van der Waals surface area contributed by atoms with Crippen molar-refractivity contribution in [1.29, 1.82) is 0 Å². The van der Waals surface area contributed by atoms with Crippen molar-refractivity contribution >= 4 is 15.8 Å². The molecule has 3 heterocycles. The van der Waals surface area contributed by atoms with Crippen molar-refractivity contribution in [3.63, 3.8) is 0 Å². The van der Waals surface area contributed by atoms with E-state index < -0.39 is 10.0 Å². The number of halogens is 1. The Bertz CT molecular complexity index is 1270. The van der Waals surface area contributed by atoms with Gasteiger partial charge in [0, 0.05) is 48.8 Å². The normalized spacial score (nSPS) is 15.8. The number of aryl methyl sites for hydroxylation is 3. The molecule has 1 aromatic carbocycles. The number of piperazine rings is 1. The van der Waals surface area contributed by atoms with Gasteiger partial charge in [0.05, 0.1) is 17.9 Å². The standard InChI is InChI=1S/C23H28FN5O3S/c1-15-13-21(18(4)29(15)20-7-5-19(24)6-8-20)22(30)14-27-9-11-28(12-10-27)33(31,32)23-16(2)25-26-17(23)3/h5-8,13H,9-12,14H2,1-4H3,(H,25,26). The van der Waals surface area contributed by atoms with Gasteiger partial charge in [0.1, 0.15) is 10.7 Å². The Balaban J connectivity index is 1.44. The van der Waals surface area contributed by atoms with E-state index in [1.54, 1.807) is 26.0 Å². The van der Waals surface area contributed by atoms with E-state index in [4.69, 9.17) is 0 Å². The lowest BCUT2D eigenvalue weighted by molar-refractivity contribution is 0.0901. The maximum absolute atomic E-state index is 13.3. The molecule has 4 rings (SSSR count). The maximum Gasteiger partial charge on any atom is 0.246 e. The molecule has 0 bridgehead atoms. The summed E-state index contributed by atoms with van der Waals surface area (Å²) < 4.78 is 42.8. The van der Waals surface area contributed by atoms with Crippen LogP contribution < -0.4 is 0 Å². The molecule has 0 saturated carbocycles. The van der Waals surface area contributed by atoms with Crippen molar-refractivity contribution in [3.05, 3.63) is 64.5 Å². The SMILES string of the molecule is Cc1n[nH]c(C)c1S(=O)(=O)N1CCN(CC(=O)c2cc(C)n(-c3ccc(F)cc3)c2C)CC1. The highest BCUT2D eigenvalue weighted by Crippen LogP contribution is 2.24. The number of hydrogen-bond acceptors (Lipinski definition) is 5. The van der Waals surface area contributed by atoms with Crippen LogP contribution in [0.15, 0.2) is 35.2 Å². The summed E-state index contributed by atoms with van der Waals surface area (Å²) in [7, 11) is -3.63. The van der Waals surface area contributed by atoms with Gasteiger partial charge in [-0.1, -0.05) is 0 Å². The molecular formula is C23H28FN5O3S. The summed E-state index contributed by atoms with van der Waals surface area (Å²) in [5, 5.41) is 6.73. The van der Waals surface area contributed by atoms with Gasteiger partial charge in [0.15, 0.2) is 5.78 Å². The molecule has 176 valence electrons. The Morgan fingerprint density at radius 2 is 1.70 bits per heavy atom. The van der Waals surface area contributed by atoms with Crippen LogP contribution in [-0.4, -0.2) is 70.9 Å². The summed E-state index contributed by atoms with van der Waals surface area (Å²) in [6, 6.07) is 8.02. The molecule has 1 aliphatic rings. The third-order valence-electron chi connectivity index (χ3n) is 6.17. The molecule has 1 aliphatic heterocycles. The van der Waals surface area contributed by atoms with Crippen LogP contribution in [0.2, 0.25) is 0 Å². The Hall–Kier alpha value is -2.82. The predicted octanol–water partition coefficient (Wildman–Crippen LogP) is 2.76. The monoisotopic (exact) mass is 473 g/mol. The molecule has 33 heavy (non-hydrogen) atoms. The van der Waals surface area contributed by atoms with E-state index in [-0.39, 0.29) is 23.0 Å². The van der Waals surface area contributed by atoms with Crippen molar-refractivity contribution in [3.8, 4) is 5.69 Å². The second-order valence-electron chi connectivity index (χ2n) is 8.46. The van der Waals surface area contributed by atoms with Gasteiger partial charge >= 0.3 is 0 Å². The smallest absolute Gasteiger partial charge is 0.246 e. The molecule has 8 nitrogen and oxygen atoms in total. The zero-order valence-electron chi connectivity index (χ0n) is 19.2. The molecule has 0 unspecified atom stereocenters. The third kappa shape index (κ3) is 4.38. The lowest BCUT2D eigenvalue weighted by atomic mass is 10.1. The minimum Gasteiger partial charge on any atom is -0.318 e. The molecule has 1 fully saturated rings. The van der Waals surface area contributed by atoms with E-state index in [0.717, 1.165) is 17.1 Å². The van der Waals surface area contributed by atoms with Gasteiger partial charge < -0.3 is 4.57 Å². The Kier molecular flexibility index (Phi) is 6.26. The Labute approximate surface area is 193 Å². The summed E-state index contributed by atoms with van der Waals surface area (Å²) >= 11 is 0. The van der Waals surface area contributed by atoms with Crippen molar-refractivity contribution in [2.45, 2.75) is 32.6 Å². The average Bonchev–Trinajstić information content (AvgIpc) is 3.27. The van der Waals surface area contributed by atoms with Crippen LogP contribution in [-0.2, 0) is 10.0 Å². The van der Waals surface area contributed by atoms with Crippen LogP contribution >= 0.6 is 0 Å². The molecule has 1 N–H and O–H groups in total. The number of carbonyl (C=O) groups excluding carboxylic acids is 1. The second kappa shape index (κ2) is 8.85. The molecule has 0 radical (unpaired) electrons. The summed E-state index contributed by atoms with van der Waals surface area (Å²) in [5.74, 6) is -0.328. The minimum atomic E-state index is -3.63. The molecular weight excluding hydrogens is 445 g/mol. The number of H-pyrrole nitrogens is 1. The topological polar surface area (TPSA) is 91.3 Å². The highest BCUT2D eigenvalue weighted by molar-refractivity contribution is 7.89.